The molecule has 24 heavy (non-hydrogen) atoms. The summed E-state index contributed by atoms with van der Waals surface area (Å²) in [4.78, 5) is 13.0. The molecular formula is C19H22O4P+. The molecule has 0 aromatic heterocycles. The Morgan fingerprint density at radius 3 is 2.21 bits per heavy atom. The summed E-state index contributed by atoms with van der Waals surface area (Å²) >= 11 is 0. The molecule has 5 heteroatoms. The van der Waals surface area contributed by atoms with E-state index < -0.39 is 8.25 Å². The third-order valence-electron chi connectivity index (χ3n) is 3.51. The van der Waals surface area contributed by atoms with Gasteiger partial charge >= 0.3 is 8.25 Å². The topological polar surface area (TPSA) is 52.6 Å². The summed E-state index contributed by atoms with van der Waals surface area (Å²) in [5.74, 6) is 0.122. The first kappa shape index (κ1) is 18.3. The molecule has 0 amide bonds. The molecule has 0 spiro atoms. The van der Waals surface area contributed by atoms with Gasteiger partial charge in [0, 0.05) is 10.1 Å². The second-order valence-corrected chi connectivity index (χ2v) is 6.91. The van der Waals surface area contributed by atoms with Crippen LogP contribution >= 0.6 is 8.25 Å². The zero-order valence-electron chi connectivity index (χ0n) is 14.6. The van der Waals surface area contributed by atoms with Crippen LogP contribution in [0.2, 0.25) is 0 Å². The van der Waals surface area contributed by atoms with E-state index >= 15 is 0 Å². The summed E-state index contributed by atoms with van der Waals surface area (Å²) in [6.45, 7) is 9.37. The van der Waals surface area contributed by atoms with E-state index in [2.05, 4.69) is 0 Å². The summed E-state index contributed by atoms with van der Waals surface area (Å²) in [6.07, 6.45) is -0.224. The van der Waals surface area contributed by atoms with Crippen molar-refractivity contribution >= 4 is 14.0 Å². The SMILES string of the molecule is Cc1cc(C)c(C(=O)c2ccccc2O[P+](=O)OC(C)C)c(C)c1. The number of carbonyl (C=O) groups excluding carboxylic acids is 1. The predicted octanol–water partition coefficient (Wildman–Crippen LogP) is 5.30. The minimum absolute atomic E-state index is 0.145. The standard InChI is InChI=1S/C19H22O4P/c1-12(2)22-24(21)23-17-9-7-6-8-16(17)19(20)18-14(4)10-13(3)11-15(18)5/h6-12H,1-5H3/q+1. The quantitative estimate of drug-likeness (QED) is 0.526. The van der Waals surface area contributed by atoms with Gasteiger partial charge in [-0.3, -0.25) is 4.79 Å². The Labute approximate surface area is 143 Å². The Morgan fingerprint density at radius 1 is 1.04 bits per heavy atom. The third-order valence-corrected chi connectivity index (χ3v) is 4.45. The van der Waals surface area contributed by atoms with E-state index in [1.807, 2.05) is 32.9 Å². The lowest BCUT2D eigenvalue weighted by molar-refractivity contribution is 0.103. The monoisotopic (exact) mass is 345 g/mol. The van der Waals surface area contributed by atoms with Crippen LogP contribution < -0.4 is 4.52 Å². The maximum Gasteiger partial charge on any atom is 0.750 e. The minimum atomic E-state index is -2.33. The Bertz CT molecular complexity index is 758. The molecule has 0 saturated heterocycles. The smallest absolute Gasteiger partial charge is 0.288 e. The maximum absolute atomic E-state index is 13.0. The molecule has 0 aliphatic rings. The molecule has 4 nitrogen and oxygen atoms in total. The third kappa shape index (κ3) is 4.28. The van der Waals surface area contributed by atoms with Crippen LogP contribution in [0.3, 0.4) is 0 Å². The Balaban J connectivity index is 2.39. The molecule has 2 rings (SSSR count). The molecule has 0 N–H and O–H groups in total. The number of benzene rings is 2. The largest absolute Gasteiger partial charge is 0.750 e. The van der Waals surface area contributed by atoms with Crippen molar-refractivity contribution in [3.05, 3.63) is 64.2 Å². The van der Waals surface area contributed by atoms with Crippen LogP contribution in [0, 0.1) is 20.8 Å². The molecule has 0 aliphatic carbocycles. The number of para-hydroxylation sites is 1. The van der Waals surface area contributed by atoms with Crippen molar-refractivity contribution in [3.8, 4) is 5.75 Å². The summed E-state index contributed by atoms with van der Waals surface area (Å²) in [5.41, 5.74) is 3.96. The van der Waals surface area contributed by atoms with Crippen molar-refractivity contribution in [1.82, 2.24) is 0 Å². The van der Waals surface area contributed by atoms with Gasteiger partial charge in [-0.2, -0.15) is 0 Å². The van der Waals surface area contributed by atoms with Crippen LogP contribution in [0.15, 0.2) is 36.4 Å². The van der Waals surface area contributed by atoms with Crippen molar-refractivity contribution in [3.63, 3.8) is 0 Å². The van der Waals surface area contributed by atoms with Crippen LogP contribution in [0.5, 0.6) is 5.75 Å². The van der Waals surface area contributed by atoms with Gasteiger partial charge in [-0.1, -0.05) is 29.8 Å². The first-order valence-corrected chi connectivity index (χ1v) is 8.92. The lowest BCUT2D eigenvalue weighted by Gasteiger charge is -2.11. The van der Waals surface area contributed by atoms with Crippen LogP contribution in [0.4, 0.5) is 0 Å². The molecule has 1 unspecified atom stereocenters. The molecule has 0 saturated carbocycles. The Hall–Kier alpha value is -2.03. The summed E-state index contributed by atoms with van der Waals surface area (Å²) in [7, 11) is -2.33. The molecule has 2 aromatic carbocycles. The number of hydrogen-bond acceptors (Lipinski definition) is 4. The highest BCUT2D eigenvalue weighted by Gasteiger charge is 2.28. The van der Waals surface area contributed by atoms with E-state index in [9.17, 15) is 9.36 Å². The zero-order valence-corrected chi connectivity index (χ0v) is 15.5. The van der Waals surface area contributed by atoms with E-state index in [1.165, 1.54) is 0 Å². The molecule has 1 atom stereocenters. The van der Waals surface area contributed by atoms with E-state index in [-0.39, 0.29) is 17.6 Å². The molecule has 0 aliphatic heterocycles. The highest BCUT2D eigenvalue weighted by Crippen LogP contribution is 2.33. The Morgan fingerprint density at radius 2 is 1.62 bits per heavy atom. The maximum atomic E-state index is 13.0. The molecular weight excluding hydrogens is 323 g/mol. The van der Waals surface area contributed by atoms with Crippen LogP contribution in [-0.4, -0.2) is 11.9 Å². The van der Waals surface area contributed by atoms with Crippen LogP contribution in [0.25, 0.3) is 0 Å². The number of aryl methyl sites for hydroxylation is 3. The fourth-order valence-electron chi connectivity index (χ4n) is 2.68. The normalized spacial score (nSPS) is 11.5. The molecule has 0 bridgehead atoms. The summed E-state index contributed by atoms with van der Waals surface area (Å²) < 4.78 is 22.4. The average Bonchev–Trinajstić information content (AvgIpc) is 2.45. The van der Waals surface area contributed by atoms with Gasteiger partial charge in [-0.15, -0.1) is 4.52 Å². The van der Waals surface area contributed by atoms with Gasteiger partial charge in [0.1, 0.15) is 6.10 Å². The first-order chi connectivity index (χ1) is 11.3. The van der Waals surface area contributed by atoms with Gasteiger partial charge in [-0.05, 0) is 57.9 Å². The summed E-state index contributed by atoms with van der Waals surface area (Å²) in [6, 6.07) is 10.8. The lowest BCUT2D eigenvalue weighted by atomic mass is 9.93. The summed E-state index contributed by atoms with van der Waals surface area (Å²) in [5, 5.41) is 0. The number of ketones is 1. The fraction of sp³-hybridized carbons (Fsp3) is 0.316. The molecule has 0 heterocycles. The van der Waals surface area contributed by atoms with Crippen molar-refractivity contribution < 1.29 is 18.4 Å². The molecule has 2 aromatic rings. The second kappa shape index (κ2) is 7.69. The van der Waals surface area contributed by atoms with Gasteiger partial charge in [0.2, 0.25) is 5.75 Å². The second-order valence-electron chi connectivity index (χ2n) is 6.07. The van der Waals surface area contributed by atoms with Gasteiger partial charge in [0.15, 0.2) is 5.78 Å². The minimum Gasteiger partial charge on any atom is -0.288 e. The van der Waals surface area contributed by atoms with Crippen molar-refractivity contribution in [1.29, 1.82) is 0 Å². The highest BCUT2D eigenvalue weighted by molar-refractivity contribution is 7.33. The highest BCUT2D eigenvalue weighted by atomic mass is 31.1. The van der Waals surface area contributed by atoms with E-state index in [0.717, 1.165) is 16.7 Å². The molecule has 0 radical (unpaired) electrons. The lowest BCUT2D eigenvalue weighted by Crippen LogP contribution is -2.08. The molecule has 126 valence electrons. The number of carbonyl (C=O) groups is 1. The van der Waals surface area contributed by atoms with E-state index in [1.54, 1.807) is 38.1 Å². The van der Waals surface area contributed by atoms with Gasteiger partial charge in [0.25, 0.3) is 0 Å². The average molecular weight is 345 g/mol. The van der Waals surface area contributed by atoms with Gasteiger partial charge in [-0.25, -0.2) is 4.52 Å². The van der Waals surface area contributed by atoms with Crippen molar-refractivity contribution in [2.75, 3.05) is 0 Å². The Kier molecular flexibility index (Phi) is 5.87. The predicted molar refractivity (Wildman–Crippen MR) is 95.0 cm³/mol. The van der Waals surface area contributed by atoms with Gasteiger partial charge in [0.05, 0.1) is 5.56 Å². The van der Waals surface area contributed by atoms with Crippen molar-refractivity contribution in [2.24, 2.45) is 0 Å². The van der Waals surface area contributed by atoms with Crippen molar-refractivity contribution in [2.45, 2.75) is 40.7 Å². The van der Waals surface area contributed by atoms with E-state index in [0.29, 0.717) is 11.1 Å². The number of hydrogen-bond donors (Lipinski definition) is 0. The molecule has 0 fully saturated rings. The van der Waals surface area contributed by atoms with Crippen LogP contribution in [-0.2, 0) is 9.09 Å². The fourth-order valence-corrected chi connectivity index (χ4v) is 3.39. The van der Waals surface area contributed by atoms with Gasteiger partial charge < -0.3 is 0 Å². The number of rotatable bonds is 6. The first-order valence-electron chi connectivity index (χ1n) is 7.83. The zero-order chi connectivity index (χ0) is 17.9. The van der Waals surface area contributed by atoms with Crippen LogP contribution in [0.1, 0.15) is 46.5 Å². The van der Waals surface area contributed by atoms with E-state index in [4.69, 9.17) is 9.05 Å².